The molecule has 0 aliphatic carbocycles. The first-order valence-electron chi connectivity index (χ1n) is 5.95. The lowest BCUT2D eigenvalue weighted by atomic mass is 10.1. The van der Waals surface area contributed by atoms with Crippen molar-refractivity contribution >= 4 is 5.91 Å². The molecule has 2 rings (SSSR count). The zero-order chi connectivity index (χ0) is 12.4. The number of amides is 1. The Kier molecular flexibility index (Phi) is 3.47. The number of hydrogen-bond donors (Lipinski definition) is 1. The Labute approximate surface area is 100 Å². The smallest absolute Gasteiger partial charge is 0.227 e. The van der Waals surface area contributed by atoms with Crippen LogP contribution in [0.15, 0.2) is 4.52 Å². The molecule has 5 heteroatoms. The topological polar surface area (TPSA) is 66.6 Å². The number of hydrogen-bond acceptors (Lipinski definition) is 4. The third-order valence-electron chi connectivity index (χ3n) is 3.42. The minimum absolute atomic E-state index is 0.0111. The summed E-state index contributed by atoms with van der Waals surface area (Å²) in [4.78, 5) is 13.9. The van der Waals surface area contributed by atoms with Crippen molar-refractivity contribution in [1.82, 2.24) is 10.1 Å². The van der Waals surface area contributed by atoms with E-state index in [9.17, 15) is 9.90 Å². The number of carbonyl (C=O) groups excluding carboxylic acids is 1. The van der Waals surface area contributed by atoms with Crippen molar-refractivity contribution in [2.24, 2.45) is 0 Å². The lowest BCUT2D eigenvalue weighted by Crippen LogP contribution is -2.38. The molecule has 1 aromatic rings. The number of aromatic nitrogens is 1. The van der Waals surface area contributed by atoms with Crippen molar-refractivity contribution in [2.45, 2.75) is 39.2 Å². The van der Waals surface area contributed by atoms with Crippen LogP contribution >= 0.6 is 0 Å². The molecule has 5 nitrogen and oxygen atoms in total. The van der Waals surface area contributed by atoms with Crippen molar-refractivity contribution in [3.8, 4) is 0 Å². The SMILES string of the molecule is Cc1noc(C)c1CC(=O)N1CCC[C@@H]1CO. The van der Waals surface area contributed by atoms with Gasteiger partial charge in [0.15, 0.2) is 0 Å². The monoisotopic (exact) mass is 238 g/mol. The molecule has 1 amide bonds. The molecular weight excluding hydrogens is 220 g/mol. The van der Waals surface area contributed by atoms with Crippen LogP contribution in [-0.2, 0) is 11.2 Å². The van der Waals surface area contributed by atoms with Crippen LogP contribution in [0.2, 0.25) is 0 Å². The molecule has 0 unspecified atom stereocenters. The fourth-order valence-electron chi connectivity index (χ4n) is 2.36. The van der Waals surface area contributed by atoms with Crippen LogP contribution in [0.25, 0.3) is 0 Å². The van der Waals surface area contributed by atoms with Gasteiger partial charge in [-0.25, -0.2) is 0 Å². The molecule has 2 heterocycles. The first kappa shape index (κ1) is 12.1. The predicted molar refractivity (Wildman–Crippen MR) is 61.5 cm³/mol. The number of aryl methyl sites for hydroxylation is 2. The van der Waals surface area contributed by atoms with Gasteiger partial charge in [0.25, 0.3) is 0 Å². The van der Waals surface area contributed by atoms with Gasteiger partial charge in [0, 0.05) is 12.1 Å². The van der Waals surface area contributed by atoms with E-state index in [-0.39, 0.29) is 18.6 Å². The maximum atomic E-state index is 12.1. The molecule has 1 aliphatic heterocycles. The van der Waals surface area contributed by atoms with E-state index in [4.69, 9.17) is 4.52 Å². The summed E-state index contributed by atoms with van der Waals surface area (Å²) in [6.07, 6.45) is 2.18. The van der Waals surface area contributed by atoms with E-state index in [2.05, 4.69) is 5.16 Å². The molecule has 1 aromatic heterocycles. The largest absolute Gasteiger partial charge is 0.394 e. The van der Waals surface area contributed by atoms with E-state index >= 15 is 0 Å². The van der Waals surface area contributed by atoms with Crippen molar-refractivity contribution in [1.29, 1.82) is 0 Å². The normalized spacial score (nSPS) is 19.9. The quantitative estimate of drug-likeness (QED) is 0.846. The van der Waals surface area contributed by atoms with Crippen LogP contribution in [0.5, 0.6) is 0 Å². The second-order valence-corrected chi connectivity index (χ2v) is 4.55. The molecule has 0 bridgehead atoms. The predicted octanol–water partition coefficient (Wildman–Crippen LogP) is 0.817. The molecule has 0 aromatic carbocycles. The van der Waals surface area contributed by atoms with Crippen LogP contribution in [0.4, 0.5) is 0 Å². The molecule has 1 N–H and O–H groups in total. The van der Waals surface area contributed by atoms with Crippen LogP contribution in [0.3, 0.4) is 0 Å². The van der Waals surface area contributed by atoms with Gasteiger partial charge in [0.05, 0.1) is 24.8 Å². The maximum Gasteiger partial charge on any atom is 0.227 e. The number of aliphatic hydroxyl groups excluding tert-OH is 1. The first-order chi connectivity index (χ1) is 8.13. The van der Waals surface area contributed by atoms with E-state index < -0.39 is 0 Å². The fraction of sp³-hybridized carbons (Fsp3) is 0.667. The van der Waals surface area contributed by atoms with Crippen LogP contribution in [0, 0.1) is 13.8 Å². The minimum Gasteiger partial charge on any atom is -0.394 e. The highest BCUT2D eigenvalue weighted by Crippen LogP contribution is 2.20. The molecule has 1 aliphatic rings. The van der Waals surface area contributed by atoms with Gasteiger partial charge in [-0.2, -0.15) is 0 Å². The summed E-state index contributed by atoms with van der Waals surface area (Å²) in [6, 6.07) is -0.0111. The van der Waals surface area contributed by atoms with Gasteiger partial charge in [-0.05, 0) is 26.7 Å². The lowest BCUT2D eigenvalue weighted by molar-refractivity contribution is -0.132. The lowest BCUT2D eigenvalue weighted by Gasteiger charge is -2.22. The van der Waals surface area contributed by atoms with E-state index in [1.807, 2.05) is 13.8 Å². The first-order valence-corrected chi connectivity index (χ1v) is 5.95. The summed E-state index contributed by atoms with van der Waals surface area (Å²) < 4.78 is 5.04. The highest BCUT2D eigenvalue weighted by Gasteiger charge is 2.28. The second-order valence-electron chi connectivity index (χ2n) is 4.55. The Bertz CT molecular complexity index is 394. The summed E-state index contributed by atoms with van der Waals surface area (Å²) in [6.45, 7) is 4.45. The zero-order valence-corrected chi connectivity index (χ0v) is 10.3. The molecule has 0 saturated carbocycles. The number of rotatable bonds is 3. The van der Waals surface area contributed by atoms with Gasteiger partial charge in [-0.1, -0.05) is 5.16 Å². The van der Waals surface area contributed by atoms with Crippen LogP contribution in [-0.4, -0.2) is 40.3 Å². The average molecular weight is 238 g/mol. The Morgan fingerprint density at radius 1 is 1.59 bits per heavy atom. The number of likely N-dealkylation sites (tertiary alicyclic amines) is 1. The van der Waals surface area contributed by atoms with Crippen molar-refractivity contribution in [2.75, 3.05) is 13.2 Å². The molecule has 17 heavy (non-hydrogen) atoms. The molecule has 94 valence electrons. The van der Waals surface area contributed by atoms with Gasteiger partial charge in [-0.15, -0.1) is 0 Å². The van der Waals surface area contributed by atoms with Crippen LogP contribution < -0.4 is 0 Å². The number of nitrogens with zero attached hydrogens (tertiary/aromatic N) is 2. The van der Waals surface area contributed by atoms with Crippen molar-refractivity contribution in [3.05, 3.63) is 17.0 Å². The maximum absolute atomic E-state index is 12.1. The van der Waals surface area contributed by atoms with Gasteiger partial charge >= 0.3 is 0 Å². The zero-order valence-electron chi connectivity index (χ0n) is 10.3. The number of aliphatic hydroxyl groups is 1. The molecule has 1 atom stereocenters. The standard InChI is InChI=1S/C12H18N2O3/c1-8-11(9(2)17-13-8)6-12(16)14-5-3-4-10(14)7-15/h10,15H,3-7H2,1-2H3/t10-/m1/s1. The Balaban J connectivity index is 2.07. The highest BCUT2D eigenvalue weighted by molar-refractivity contribution is 5.79. The van der Waals surface area contributed by atoms with Gasteiger partial charge < -0.3 is 14.5 Å². The fourth-order valence-corrected chi connectivity index (χ4v) is 2.36. The van der Waals surface area contributed by atoms with E-state index in [1.165, 1.54) is 0 Å². The molecule has 1 saturated heterocycles. The van der Waals surface area contributed by atoms with Crippen molar-refractivity contribution < 1.29 is 14.4 Å². The van der Waals surface area contributed by atoms with Crippen molar-refractivity contribution in [3.63, 3.8) is 0 Å². The Morgan fingerprint density at radius 2 is 2.35 bits per heavy atom. The molecular formula is C12H18N2O3. The molecule has 0 radical (unpaired) electrons. The third-order valence-corrected chi connectivity index (χ3v) is 3.42. The summed E-state index contributed by atoms with van der Waals surface area (Å²) >= 11 is 0. The molecule has 0 spiro atoms. The minimum atomic E-state index is -0.0111. The average Bonchev–Trinajstić information content (AvgIpc) is 2.90. The number of carbonyl (C=O) groups is 1. The van der Waals surface area contributed by atoms with Gasteiger partial charge in [0.1, 0.15) is 5.76 Å². The third kappa shape index (κ3) is 2.34. The Hall–Kier alpha value is -1.36. The summed E-state index contributed by atoms with van der Waals surface area (Å²) in [7, 11) is 0. The second kappa shape index (κ2) is 4.87. The summed E-state index contributed by atoms with van der Waals surface area (Å²) in [5.74, 6) is 0.756. The van der Waals surface area contributed by atoms with Gasteiger partial charge in [-0.3, -0.25) is 4.79 Å². The van der Waals surface area contributed by atoms with E-state index in [1.54, 1.807) is 4.90 Å². The summed E-state index contributed by atoms with van der Waals surface area (Å²) in [5, 5.41) is 13.0. The molecule has 1 fully saturated rings. The van der Waals surface area contributed by atoms with E-state index in [0.29, 0.717) is 12.2 Å². The Morgan fingerprint density at radius 3 is 2.94 bits per heavy atom. The van der Waals surface area contributed by atoms with E-state index in [0.717, 1.165) is 30.6 Å². The highest BCUT2D eigenvalue weighted by atomic mass is 16.5. The van der Waals surface area contributed by atoms with Crippen LogP contribution in [0.1, 0.15) is 29.9 Å². The van der Waals surface area contributed by atoms with Gasteiger partial charge in [0.2, 0.25) is 5.91 Å². The summed E-state index contributed by atoms with van der Waals surface area (Å²) in [5.41, 5.74) is 1.65.